The molecule has 2 aliphatic rings. The Balaban J connectivity index is 1.68. The van der Waals surface area contributed by atoms with Gasteiger partial charge in [0.2, 0.25) is 11.8 Å². The van der Waals surface area contributed by atoms with Crippen molar-refractivity contribution in [3.05, 3.63) is 47.8 Å². The standard InChI is InChI=1S/C27H33N5O5/c1-15(2)24-25(34)29-16(3)26(35)32-11-5-6-22(31-32)27(36)37-17(4)18-7-8-19-14-28-21(13-20(19)12-18)9-10-23(33)30-24/h7-10,12-17,22,24,31H,5-6,11H2,1-4H3,(H,29,34)(H,30,33)/b10-9-/t16-,17?,22-,24-/m0/s1. The lowest BCUT2D eigenvalue weighted by Crippen LogP contribution is -2.61. The number of carbonyl (C=O) groups excluding carboxylic acids is 4. The second-order valence-corrected chi connectivity index (χ2v) is 9.90. The Labute approximate surface area is 215 Å². The van der Waals surface area contributed by atoms with Gasteiger partial charge in [0.25, 0.3) is 5.91 Å². The number of ether oxygens (including phenoxy) is 1. The van der Waals surface area contributed by atoms with Crippen LogP contribution in [0.15, 0.2) is 36.5 Å². The van der Waals surface area contributed by atoms with E-state index in [0.717, 1.165) is 16.3 Å². The van der Waals surface area contributed by atoms with Gasteiger partial charge in [-0.2, -0.15) is 0 Å². The molecular formula is C27H33N5O5. The van der Waals surface area contributed by atoms with Crippen molar-refractivity contribution >= 4 is 40.5 Å². The number of hydrogen-bond acceptors (Lipinski definition) is 7. The van der Waals surface area contributed by atoms with Crippen LogP contribution in [0.4, 0.5) is 0 Å². The molecular weight excluding hydrogens is 474 g/mol. The molecule has 196 valence electrons. The fourth-order valence-electron chi connectivity index (χ4n) is 4.46. The Hall–Kier alpha value is -3.79. The molecule has 0 radical (unpaired) electrons. The maximum Gasteiger partial charge on any atom is 0.325 e. The summed E-state index contributed by atoms with van der Waals surface area (Å²) < 4.78 is 5.74. The number of amides is 3. The number of cyclic esters (lactones) is 1. The molecule has 10 nitrogen and oxygen atoms in total. The lowest BCUT2D eigenvalue weighted by molar-refractivity contribution is -0.157. The number of fused-ring (bicyclic) bond motifs is 4. The van der Waals surface area contributed by atoms with Crippen LogP contribution in [0.25, 0.3) is 16.8 Å². The third-order valence-corrected chi connectivity index (χ3v) is 6.65. The fraction of sp³-hybridized carbons (Fsp3) is 0.444. The number of aromatic nitrogens is 1. The second-order valence-electron chi connectivity index (χ2n) is 9.90. The third kappa shape index (κ3) is 6.14. The van der Waals surface area contributed by atoms with Crippen LogP contribution in [0, 0.1) is 5.92 Å². The van der Waals surface area contributed by atoms with E-state index in [9.17, 15) is 19.2 Å². The first-order valence-electron chi connectivity index (χ1n) is 12.6. The van der Waals surface area contributed by atoms with Crippen LogP contribution < -0.4 is 16.1 Å². The van der Waals surface area contributed by atoms with E-state index < -0.39 is 42.0 Å². The Morgan fingerprint density at radius 3 is 2.57 bits per heavy atom. The van der Waals surface area contributed by atoms with E-state index in [1.54, 1.807) is 26.1 Å². The van der Waals surface area contributed by atoms with Gasteiger partial charge >= 0.3 is 5.97 Å². The van der Waals surface area contributed by atoms with Crippen LogP contribution in [0.2, 0.25) is 0 Å². The molecule has 5 bridgehead atoms. The minimum absolute atomic E-state index is 0.219. The zero-order valence-corrected chi connectivity index (χ0v) is 21.5. The van der Waals surface area contributed by atoms with Crippen LogP contribution in [0.1, 0.15) is 57.9 Å². The molecule has 10 heteroatoms. The van der Waals surface area contributed by atoms with E-state index in [-0.39, 0.29) is 11.8 Å². The van der Waals surface area contributed by atoms with Crippen molar-refractivity contribution in [3.63, 3.8) is 0 Å². The molecule has 0 saturated carbocycles. The maximum atomic E-state index is 13.1. The largest absolute Gasteiger partial charge is 0.457 e. The summed E-state index contributed by atoms with van der Waals surface area (Å²) in [6.07, 6.45) is 5.23. The SMILES string of the molecule is CC1OC(=O)[C@@H]2CCCN(N2)C(=O)[C@H](C)NC(=O)[C@H](C(C)C)NC(=O)/C=C\c2cc3cc1ccc3cn2. The Kier molecular flexibility index (Phi) is 7.87. The molecule has 1 aromatic carbocycles. The quantitative estimate of drug-likeness (QED) is 0.504. The first kappa shape index (κ1) is 26.3. The highest BCUT2D eigenvalue weighted by atomic mass is 16.5. The summed E-state index contributed by atoms with van der Waals surface area (Å²) in [5.41, 5.74) is 4.34. The molecule has 2 aromatic rings. The van der Waals surface area contributed by atoms with Gasteiger partial charge in [0.1, 0.15) is 24.2 Å². The minimum atomic E-state index is -0.869. The number of carbonyl (C=O) groups is 4. The topological polar surface area (TPSA) is 130 Å². The van der Waals surface area contributed by atoms with Gasteiger partial charge in [0, 0.05) is 24.2 Å². The van der Waals surface area contributed by atoms with Crippen molar-refractivity contribution < 1.29 is 23.9 Å². The zero-order chi connectivity index (χ0) is 26.7. The number of benzene rings is 1. The fourth-order valence-corrected chi connectivity index (χ4v) is 4.46. The van der Waals surface area contributed by atoms with E-state index in [4.69, 9.17) is 4.74 Å². The summed E-state index contributed by atoms with van der Waals surface area (Å²) in [6, 6.07) is 5.16. The number of hydrogen-bond donors (Lipinski definition) is 3. The molecule has 4 atom stereocenters. The number of pyridine rings is 1. The molecule has 3 heterocycles. The van der Waals surface area contributed by atoms with E-state index in [2.05, 4.69) is 21.0 Å². The van der Waals surface area contributed by atoms with Gasteiger partial charge < -0.3 is 15.4 Å². The molecule has 0 aliphatic carbocycles. The summed E-state index contributed by atoms with van der Waals surface area (Å²) in [7, 11) is 0. The lowest BCUT2D eigenvalue weighted by atomic mass is 10.0. The van der Waals surface area contributed by atoms with Gasteiger partial charge in [-0.1, -0.05) is 26.0 Å². The van der Waals surface area contributed by atoms with Gasteiger partial charge in [-0.15, -0.1) is 0 Å². The molecule has 3 N–H and O–H groups in total. The molecule has 1 aromatic heterocycles. The number of nitrogens with zero attached hydrogens (tertiary/aromatic N) is 2. The first-order chi connectivity index (χ1) is 17.6. The smallest absolute Gasteiger partial charge is 0.325 e. The summed E-state index contributed by atoms with van der Waals surface area (Å²) in [5, 5.41) is 8.57. The van der Waals surface area contributed by atoms with Crippen LogP contribution in [0.5, 0.6) is 0 Å². The normalized spacial score (nSPS) is 26.7. The van der Waals surface area contributed by atoms with Gasteiger partial charge in [-0.25, -0.2) is 5.43 Å². The Bertz CT molecular complexity index is 1240. The van der Waals surface area contributed by atoms with Gasteiger partial charge in [-0.3, -0.25) is 29.2 Å². The van der Waals surface area contributed by atoms with Crippen LogP contribution in [0.3, 0.4) is 0 Å². The highest BCUT2D eigenvalue weighted by Gasteiger charge is 2.33. The summed E-state index contributed by atoms with van der Waals surface area (Å²) in [4.78, 5) is 56.0. The molecule has 2 aliphatic heterocycles. The van der Waals surface area contributed by atoms with E-state index >= 15 is 0 Å². The second kappa shape index (κ2) is 11.1. The van der Waals surface area contributed by atoms with Gasteiger partial charge in [0.15, 0.2) is 0 Å². The van der Waals surface area contributed by atoms with Crippen LogP contribution >= 0.6 is 0 Å². The van der Waals surface area contributed by atoms with E-state index in [1.807, 2.05) is 38.1 Å². The highest BCUT2D eigenvalue weighted by Crippen LogP contribution is 2.24. The number of rotatable bonds is 1. The molecule has 1 saturated heterocycles. The third-order valence-electron chi connectivity index (χ3n) is 6.65. The average molecular weight is 508 g/mol. The van der Waals surface area contributed by atoms with E-state index in [1.165, 1.54) is 11.1 Å². The summed E-state index contributed by atoms with van der Waals surface area (Å²) >= 11 is 0. The predicted octanol–water partition coefficient (Wildman–Crippen LogP) is 2.01. The Morgan fingerprint density at radius 1 is 1.03 bits per heavy atom. The van der Waals surface area contributed by atoms with Crippen LogP contribution in [-0.4, -0.2) is 58.4 Å². The van der Waals surface area contributed by atoms with Gasteiger partial charge in [-0.05, 0) is 61.8 Å². The number of esters is 1. The molecule has 1 unspecified atom stereocenters. The minimum Gasteiger partial charge on any atom is -0.457 e. The number of nitrogens with one attached hydrogen (secondary N) is 3. The lowest BCUT2D eigenvalue weighted by Gasteiger charge is -2.35. The van der Waals surface area contributed by atoms with Crippen molar-refractivity contribution in [1.29, 1.82) is 0 Å². The van der Waals surface area contributed by atoms with Crippen molar-refractivity contribution in [2.45, 2.75) is 64.8 Å². The van der Waals surface area contributed by atoms with Crippen molar-refractivity contribution in [2.24, 2.45) is 5.92 Å². The monoisotopic (exact) mass is 507 g/mol. The molecule has 4 rings (SSSR count). The summed E-state index contributed by atoms with van der Waals surface area (Å²) in [6.45, 7) is 7.39. The first-order valence-corrected chi connectivity index (χ1v) is 12.6. The Morgan fingerprint density at radius 2 is 1.81 bits per heavy atom. The predicted molar refractivity (Wildman–Crippen MR) is 138 cm³/mol. The molecule has 3 amide bonds. The molecule has 37 heavy (non-hydrogen) atoms. The average Bonchev–Trinajstić information content (AvgIpc) is 2.88. The van der Waals surface area contributed by atoms with Crippen molar-refractivity contribution in [2.75, 3.05) is 6.54 Å². The molecule has 1 fully saturated rings. The van der Waals surface area contributed by atoms with Gasteiger partial charge in [0.05, 0.1) is 5.69 Å². The zero-order valence-electron chi connectivity index (χ0n) is 21.5. The van der Waals surface area contributed by atoms with Crippen molar-refractivity contribution in [1.82, 2.24) is 26.1 Å². The molecule has 0 spiro atoms. The number of hydrazine groups is 1. The van der Waals surface area contributed by atoms with Crippen LogP contribution in [-0.2, 0) is 23.9 Å². The maximum absolute atomic E-state index is 13.1. The summed E-state index contributed by atoms with van der Waals surface area (Å²) in [5.74, 6) is -1.96. The van der Waals surface area contributed by atoms with Crippen molar-refractivity contribution in [3.8, 4) is 0 Å². The highest BCUT2D eigenvalue weighted by molar-refractivity contribution is 5.97. The van der Waals surface area contributed by atoms with E-state index in [0.29, 0.717) is 25.1 Å².